The van der Waals surface area contributed by atoms with Crippen LogP contribution in [-0.4, -0.2) is 10.8 Å². The van der Waals surface area contributed by atoms with E-state index in [0.29, 0.717) is 11.3 Å². The van der Waals surface area contributed by atoms with Crippen molar-refractivity contribution in [3.8, 4) is 11.3 Å². The number of nitrogens with zero attached hydrogens (tertiary/aromatic N) is 2. The van der Waals surface area contributed by atoms with Crippen molar-refractivity contribution in [3.63, 3.8) is 0 Å². The molecule has 0 aliphatic rings. The lowest BCUT2D eigenvalue weighted by Gasteiger charge is -2.21. The molecule has 186 valence electrons. The van der Waals surface area contributed by atoms with E-state index < -0.39 is 23.2 Å². The number of alkyl halides is 3. The maximum absolute atomic E-state index is 13.8. The minimum absolute atomic E-state index is 0.0322. The van der Waals surface area contributed by atoms with E-state index in [2.05, 4.69) is 20.9 Å². The van der Waals surface area contributed by atoms with Gasteiger partial charge < -0.3 is 15.5 Å². The Hall–Kier alpha value is -4.38. The van der Waals surface area contributed by atoms with Crippen LogP contribution in [0.3, 0.4) is 0 Å². The second-order valence-corrected chi connectivity index (χ2v) is 8.08. The highest BCUT2D eigenvalue weighted by molar-refractivity contribution is 6.00. The maximum Gasteiger partial charge on any atom is 0.416 e. The maximum atomic E-state index is 13.8. The lowest BCUT2D eigenvalue weighted by atomic mass is 9.98. The highest BCUT2D eigenvalue weighted by Gasteiger charge is 2.33. The lowest BCUT2D eigenvalue weighted by molar-refractivity contribution is -0.137. The van der Waals surface area contributed by atoms with Gasteiger partial charge in [0, 0.05) is 22.9 Å². The number of anilines is 1. The summed E-state index contributed by atoms with van der Waals surface area (Å²) in [6.07, 6.45) is -3.19. The first-order valence-corrected chi connectivity index (χ1v) is 10.9. The molecule has 6 N–H and O–H groups in total. The molecular formula is C25H23F3N6O2. The molecule has 0 aliphatic carbocycles. The zero-order chi connectivity index (χ0) is 26.0. The summed E-state index contributed by atoms with van der Waals surface area (Å²) in [4.78, 5) is 17.4. The van der Waals surface area contributed by atoms with Crippen molar-refractivity contribution in [1.29, 1.82) is 0 Å². The van der Waals surface area contributed by atoms with Gasteiger partial charge in [-0.1, -0.05) is 30.3 Å². The summed E-state index contributed by atoms with van der Waals surface area (Å²) in [5, 5.41) is 6.66. The molecule has 2 heterocycles. The number of hydrazone groups is 1. The summed E-state index contributed by atoms with van der Waals surface area (Å²) in [7, 11) is 0. The highest BCUT2D eigenvalue weighted by atomic mass is 19.4. The third-order valence-electron chi connectivity index (χ3n) is 5.68. The summed E-state index contributed by atoms with van der Waals surface area (Å²) < 4.78 is 47.5. The third kappa shape index (κ3) is 4.73. The molecule has 36 heavy (non-hydrogen) atoms. The largest absolute Gasteiger partial charge is 0.455 e. The van der Waals surface area contributed by atoms with Gasteiger partial charge in [-0.05, 0) is 38.1 Å². The number of pyridine rings is 1. The summed E-state index contributed by atoms with van der Waals surface area (Å²) >= 11 is 0. The Morgan fingerprint density at radius 3 is 2.53 bits per heavy atom. The summed E-state index contributed by atoms with van der Waals surface area (Å²) in [5.41, 5.74) is 8.15. The Morgan fingerprint density at radius 2 is 1.86 bits per heavy atom. The van der Waals surface area contributed by atoms with Crippen LogP contribution < -0.4 is 27.9 Å². The van der Waals surface area contributed by atoms with Gasteiger partial charge in [-0.25, -0.2) is 11.4 Å². The van der Waals surface area contributed by atoms with Crippen LogP contribution in [0.1, 0.15) is 35.3 Å². The molecule has 0 amide bonds. The van der Waals surface area contributed by atoms with Gasteiger partial charge in [0.25, 0.3) is 0 Å². The molecule has 2 aromatic carbocycles. The monoisotopic (exact) mass is 496 g/mol. The van der Waals surface area contributed by atoms with E-state index >= 15 is 0 Å². The fourth-order valence-corrected chi connectivity index (χ4v) is 3.93. The van der Waals surface area contributed by atoms with Crippen LogP contribution in [0.15, 0.2) is 75.1 Å². The normalized spacial score (nSPS) is 13.0. The van der Waals surface area contributed by atoms with Gasteiger partial charge in [0.2, 0.25) is 0 Å². The molecule has 4 rings (SSSR count). The summed E-state index contributed by atoms with van der Waals surface area (Å²) in [5.74, 6) is 5.46. The number of fused-ring (bicyclic) bond motifs is 1. The first-order valence-electron chi connectivity index (χ1n) is 10.9. The second-order valence-electron chi connectivity index (χ2n) is 8.08. The Balaban J connectivity index is 1.93. The van der Waals surface area contributed by atoms with Crippen molar-refractivity contribution in [1.82, 2.24) is 10.5 Å². The van der Waals surface area contributed by atoms with E-state index in [-0.39, 0.29) is 39.4 Å². The van der Waals surface area contributed by atoms with Crippen LogP contribution in [0.5, 0.6) is 0 Å². The fraction of sp³-hybridized carbons (Fsp3) is 0.160. The Bertz CT molecular complexity index is 1500. The number of hydrogen-bond acceptors (Lipinski definition) is 7. The van der Waals surface area contributed by atoms with E-state index in [1.54, 1.807) is 43.3 Å². The smallest absolute Gasteiger partial charge is 0.416 e. The highest BCUT2D eigenvalue weighted by Crippen LogP contribution is 2.37. The molecule has 8 nitrogen and oxygen atoms in total. The topological polar surface area (TPSA) is 132 Å². The molecule has 0 bridgehead atoms. The van der Waals surface area contributed by atoms with Crippen LogP contribution in [0.25, 0.3) is 22.3 Å². The molecule has 0 spiro atoms. The molecule has 2 aromatic heterocycles. The summed E-state index contributed by atoms with van der Waals surface area (Å²) in [6, 6.07) is 13.2. The minimum Gasteiger partial charge on any atom is -0.455 e. The number of nitrogens with one attached hydrogen (secondary N) is 2. The number of aromatic nitrogens is 1. The average Bonchev–Trinajstić information content (AvgIpc) is 2.86. The van der Waals surface area contributed by atoms with Crippen LogP contribution in [-0.2, 0) is 6.18 Å². The van der Waals surface area contributed by atoms with Crippen LogP contribution in [0, 0.1) is 6.92 Å². The second kappa shape index (κ2) is 9.70. The zero-order valence-corrected chi connectivity index (χ0v) is 19.4. The quantitative estimate of drug-likeness (QED) is 0.134. The number of hydrazine groups is 1. The van der Waals surface area contributed by atoms with Gasteiger partial charge in [-0.3, -0.25) is 9.78 Å². The van der Waals surface area contributed by atoms with Crippen LogP contribution >= 0.6 is 0 Å². The number of halogens is 3. The molecule has 1 unspecified atom stereocenters. The third-order valence-corrected chi connectivity index (χ3v) is 5.68. The number of rotatable bonds is 6. The van der Waals surface area contributed by atoms with Gasteiger partial charge in [-0.15, -0.1) is 5.10 Å². The zero-order valence-electron chi connectivity index (χ0n) is 19.4. The predicted molar refractivity (Wildman–Crippen MR) is 132 cm³/mol. The van der Waals surface area contributed by atoms with E-state index in [0.717, 1.165) is 12.1 Å². The number of nitrogens with two attached hydrogens (primary N) is 2. The van der Waals surface area contributed by atoms with Crippen molar-refractivity contribution in [2.75, 3.05) is 5.32 Å². The van der Waals surface area contributed by atoms with Gasteiger partial charge in [0.05, 0.1) is 22.7 Å². The van der Waals surface area contributed by atoms with Crippen molar-refractivity contribution in [3.05, 3.63) is 93.4 Å². The Kier molecular flexibility index (Phi) is 6.67. The first kappa shape index (κ1) is 24.7. The SMILES string of the molecule is Cc1c(-c2ccccc2)oc2c(C(C)Nc3cccnc3/C(N)=N/NN)cc(C(F)(F)F)cc2c1=O. The standard InChI is InChI=1S/C25H23F3N6O2/c1-13-21(35)18-12-16(25(26,27)28)11-17(23(18)36-22(13)15-7-4-3-5-8-15)14(2)32-19-9-6-10-31-20(19)24(29)33-34-30/h3-12,14,32,34H,30H2,1-2H3,(H2,29,33). The van der Waals surface area contributed by atoms with Gasteiger partial charge in [0.1, 0.15) is 17.0 Å². The lowest BCUT2D eigenvalue weighted by Crippen LogP contribution is -2.25. The van der Waals surface area contributed by atoms with Crippen molar-refractivity contribution in [2.45, 2.75) is 26.1 Å². The average molecular weight is 496 g/mol. The molecule has 11 heteroatoms. The molecule has 4 aromatic rings. The number of amidine groups is 1. The molecule has 1 atom stereocenters. The van der Waals surface area contributed by atoms with Gasteiger partial charge in [0.15, 0.2) is 11.3 Å². The van der Waals surface area contributed by atoms with Gasteiger partial charge >= 0.3 is 6.18 Å². The number of benzene rings is 2. The molecule has 0 aliphatic heterocycles. The molecule has 0 saturated carbocycles. The van der Waals surface area contributed by atoms with Crippen LogP contribution in [0.4, 0.5) is 18.9 Å². The van der Waals surface area contributed by atoms with Crippen LogP contribution in [0.2, 0.25) is 0 Å². The van der Waals surface area contributed by atoms with Crippen molar-refractivity contribution < 1.29 is 17.6 Å². The molecule has 0 radical (unpaired) electrons. The number of hydrogen-bond donors (Lipinski definition) is 4. The van der Waals surface area contributed by atoms with E-state index in [1.807, 2.05) is 6.07 Å². The van der Waals surface area contributed by atoms with E-state index in [9.17, 15) is 18.0 Å². The van der Waals surface area contributed by atoms with E-state index in [1.165, 1.54) is 13.1 Å². The Labute approximate surface area is 203 Å². The molecule has 0 saturated heterocycles. The van der Waals surface area contributed by atoms with Gasteiger partial charge in [-0.2, -0.15) is 13.2 Å². The van der Waals surface area contributed by atoms with Crippen molar-refractivity contribution in [2.24, 2.45) is 16.7 Å². The van der Waals surface area contributed by atoms with E-state index in [4.69, 9.17) is 16.0 Å². The molecular weight excluding hydrogens is 473 g/mol. The molecule has 0 fully saturated rings. The van der Waals surface area contributed by atoms with Crippen molar-refractivity contribution >= 4 is 22.5 Å². The summed E-state index contributed by atoms with van der Waals surface area (Å²) in [6.45, 7) is 3.17. The fourth-order valence-electron chi connectivity index (χ4n) is 3.93. The first-order chi connectivity index (χ1) is 17.1. The predicted octanol–water partition coefficient (Wildman–Crippen LogP) is 4.44. The Morgan fingerprint density at radius 1 is 1.14 bits per heavy atom. The minimum atomic E-state index is -4.68.